The highest BCUT2D eigenvalue weighted by molar-refractivity contribution is 9.10. The maximum Gasteiger partial charge on any atom is 0.127 e. The Labute approximate surface area is 117 Å². The van der Waals surface area contributed by atoms with Gasteiger partial charge in [0.05, 0.1) is 0 Å². The summed E-state index contributed by atoms with van der Waals surface area (Å²) in [6, 6.07) is 5.24. The highest BCUT2D eigenvalue weighted by atomic mass is 79.9. The smallest absolute Gasteiger partial charge is 0.127 e. The number of hydrogen-bond acceptors (Lipinski definition) is 2. The third kappa shape index (κ3) is 5.04. The third-order valence-corrected chi connectivity index (χ3v) is 3.64. The standard InChI is InChI=1S/C14H22BrFN2/c1-10(2)14(17)6-7-18(3)9-11-8-12(15)4-5-13(11)16/h4-5,8,10,14H,6-7,9,17H2,1-3H3. The highest BCUT2D eigenvalue weighted by Gasteiger charge is 2.10. The van der Waals surface area contributed by atoms with Crippen molar-refractivity contribution in [2.75, 3.05) is 13.6 Å². The summed E-state index contributed by atoms with van der Waals surface area (Å²) in [5, 5.41) is 0. The summed E-state index contributed by atoms with van der Waals surface area (Å²) >= 11 is 3.36. The molecule has 0 aliphatic carbocycles. The molecule has 0 bridgehead atoms. The van der Waals surface area contributed by atoms with Gasteiger partial charge in [0.15, 0.2) is 0 Å². The molecule has 0 radical (unpaired) electrons. The van der Waals surface area contributed by atoms with Crippen LogP contribution >= 0.6 is 15.9 Å². The number of nitrogens with zero attached hydrogens (tertiary/aromatic N) is 1. The summed E-state index contributed by atoms with van der Waals surface area (Å²) in [6.07, 6.45) is 0.934. The van der Waals surface area contributed by atoms with E-state index in [-0.39, 0.29) is 11.9 Å². The van der Waals surface area contributed by atoms with Crippen LogP contribution in [0.15, 0.2) is 22.7 Å². The van der Waals surface area contributed by atoms with Gasteiger partial charge in [0.25, 0.3) is 0 Å². The average Bonchev–Trinajstić information content (AvgIpc) is 2.30. The fourth-order valence-electron chi connectivity index (χ4n) is 1.74. The molecule has 1 rings (SSSR count). The maximum atomic E-state index is 13.6. The third-order valence-electron chi connectivity index (χ3n) is 3.15. The Kier molecular flexibility index (Phi) is 6.26. The molecule has 0 aromatic heterocycles. The molecule has 0 saturated heterocycles. The number of halogens is 2. The molecule has 0 aliphatic heterocycles. The summed E-state index contributed by atoms with van der Waals surface area (Å²) in [4.78, 5) is 2.10. The van der Waals surface area contributed by atoms with Crippen molar-refractivity contribution in [2.45, 2.75) is 32.9 Å². The summed E-state index contributed by atoms with van der Waals surface area (Å²) in [5.41, 5.74) is 6.72. The van der Waals surface area contributed by atoms with Crippen LogP contribution in [0.4, 0.5) is 4.39 Å². The largest absolute Gasteiger partial charge is 0.327 e. The minimum atomic E-state index is -0.154. The molecule has 2 N–H and O–H groups in total. The molecule has 4 heteroatoms. The molecule has 1 aromatic rings. The molecule has 1 aromatic carbocycles. The summed E-state index contributed by atoms with van der Waals surface area (Å²) in [5.74, 6) is 0.333. The van der Waals surface area contributed by atoms with Crippen molar-refractivity contribution < 1.29 is 4.39 Å². The van der Waals surface area contributed by atoms with Gasteiger partial charge in [0.1, 0.15) is 5.82 Å². The van der Waals surface area contributed by atoms with Crippen LogP contribution in [0.25, 0.3) is 0 Å². The Morgan fingerprint density at radius 2 is 2.06 bits per heavy atom. The van der Waals surface area contributed by atoms with E-state index < -0.39 is 0 Å². The van der Waals surface area contributed by atoms with E-state index in [2.05, 4.69) is 34.7 Å². The van der Waals surface area contributed by atoms with Crippen LogP contribution in [0.5, 0.6) is 0 Å². The first kappa shape index (κ1) is 15.6. The van der Waals surface area contributed by atoms with E-state index in [1.165, 1.54) is 6.07 Å². The Bertz CT molecular complexity index is 382. The molecular formula is C14H22BrFN2. The minimum Gasteiger partial charge on any atom is -0.327 e. The maximum absolute atomic E-state index is 13.6. The fraction of sp³-hybridized carbons (Fsp3) is 0.571. The predicted octanol–water partition coefficient (Wildman–Crippen LogP) is 3.39. The Hall–Kier alpha value is -0.450. The summed E-state index contributed by atoms with van der Waals surface area (Å²) in [6.45, 7) is 5.73. The Balaban J connectivity index is 2.49. The first-order valence-electron chi connectivity index (χ1n) is 6.28. The van der Waals surface area contributed by atoms with E-state index in [0.717, 1.165) is 17.4 Å². The Morgan fingerprint density at radius 1 is 1.39 bits per heavy atom. The van der Waals surface area contributed by atoms with Crippen molar-refractivity contribution in [1.82, 2.24) is 4.90 Å². The number of benzene rings is 1. The zero-order chi connectivity index (χ0) is 13.7. The van der Waals surface area contributed by atoms with E-state index in [4.69, 9.17) is 5.73 Å². The number of rotatable bonds is 6. The van der Waals surface area contributed by atoms with E-state index in [1.54, 1.807) is 6.07 Å². The van der Waals surface area contributed by atoms with Crippen LogP contribution in [0.3, 0.4) is 0 Å². The molecule has 0 fully saturated rings. The normalized spacial score (nSPS) is 13.3. The van der Waals surface area contributed by atoms with Gasteiger partial charge in [-0.2, -0.15) is 0 Å². The lowest BCUT2D eigenvalue weighted by atomic mass is 10.0. The average molecular weight is 317 g/mol. The number of hydrogen-bond donors (Lipinski definition) is 1. The monoisotopic (exact) mass is 316 g/mol. The quantitative estimate of drug-likeness (QED) is 0.871. The fourth-order valence-corrected chi connectivity index (χ4v) is 2.15. The van der Waals surface area contributed by atoms with E-state index in [0.29, 0.717) is 18.0 Å². The van der Waals surface area contributed by atoms with E-state index >= 15 is 0 Å². The lowest BCUT2D eigenvalue weighted by Gasteiger charge is -2.21. The second-order valence-corrected chi connectivity index (χ2v) is 6.09. The van der Waals surface area contributed by atoms with Crippen molar-refractivity contribution >= 4 is 15.9 Å². The number of nitrogens with two attached hydrogens (primary N) is 1. The second kappa shape index (κ2) is 7.22. The molecule has 102 valence electrons. The summed E-state index contributed by atoms with van der Waals surface area (Å²) < 4.78 is 14.5. The molecule has 18 heavy (non-hydrogen) atoms. The van der Waals surface area contributed by atoms with Gasteiger partial charge in [-0.1, -0.05) is 29.8 Å². The van der Waals surface area contributed by atoms with Crippen LogP contribution < -0.4 is 5.73 Å². The first-order valence-corrected chi connectivity index (χ1v) is 7.07. The van der Waals surface area contributed by atoms with Crippen LogP contribution in [-0.2, 0) is 6.54 Å². The van der Waals surface area contributed by atoms with Crippen LogP contribution in [0.2, 0.25) is 0 Å². The van der Waals surface area contributed by atoms with Gasteiger partial charge in [0, 0.05) is 22.6 Å². The molecule has 2 nitrogen and oxygen atoms in total. The molecule has 1 unspecified atom stereocenters. The van der Waals surface area contributed by atoms with Crippen molar-refractivity contribution in [2.24, 2.45) is 11.7 Å². The molecule has 0 spiro atoms. The van der Waals surface area contributed by atoms with E-state index in [1.807, 2.05) is 13.1 Å². The predicted molar refractivity (Wildman–Crippen MR) is 77.9 cm³/mol. The molecular weight excluding hydrogens is 295 g/mol. The van der Waals surface area contributed by atoms with Crippen molar-refractivity contribution in [3.05, 3.63) is 34.1 Å². The lowest BCUT2D eigenvalue weighted by Crippen LogP contribution is -2.31. The van der Waals surface area contributed by atoms with E-state index in [9.17, 15) is 4.39 Å². The van der Waals surface area contributed by atoms with Crippen LogP contribution in [0.1, 0.15) is 25.8 Å². The van der Waals surface area contributed by atoms with Crippen LogP contribution in [0, 0.1) is 11.7 Å². The van der Waals surface area contributed by atoms with Gasteiger partial charge in [-0.3, -0.25) is 0 Å². The second-order valence-electron chi connectivity index (χ2n) is 5.17. The van der Waals surface area contributed by atoms with Crippen LogP contribution in [-0.4, -0.2) is 24.5 Å². The SMILES string of the molecule is CC(C)C(N)CCN(C)Cc1cc(Br)ccc1F. The topological polar surface area (TPSA) is 29.3 Å². The van der Waals surface area contributed by atoms with Crippen molar-refractivity contribution in [1.29, 1.82) is 0 Å². The molecule has 0 heterocycles. The van der Waals surface area contributed by atoms with Gasteiger partial charge >= 0.3 is 0 Å². The van der Waals surface area contributed by atoms with Gasteiger partial charge in [-0.25, -0.2) is 4.39 Å². The zero-order valence-electron chi connectivity index (χ0n) is 11.3. The summed E-state index contributed by atoms with van der Waals surface area (Å²) in [7, 11) is 1.99. The highest BCUT2D eigenvalue weighted by Crippen LogP contribution is 2.17. The molecule has 0 aliphatic rings. The lowest BCUT2D eigenvalue weighted by molar-refractivity contribution is 0.292. The Morgan fingerprint density at radius 3 is 2.67 bits per heavy atom. The van der Waals surface area contributed by atoms with Gasteiger partial charge in [-0.15, -0.1) is 0 Å². The first-order chi connectivity index (χ1) is 8.40. The molecule has 0 saturated carbocycles. The molecule has 1 atom stereocenters. The van der Waals surface area contributed by atoms with Gasteiger partial charge in [0.2, 0.25) is 0 Å². The van der Waals surface area contributed by atoms with Crippen molar-refractivity contribution in [3.63, 3.8) is 0 Å². The molecule has 0 amide bonds. The van der Waals surface area contributed by atoms with Gasteiger partial charge < -0.3 is 10.6 Å². The van der Waals surface area contributed by atoms with Gasteiger partial charge in [-0.05, 0) is 44.1 Å². The van der Waals surface area contributed by atoms with Crippen molar-refractivity contribution in [3.8, 4) is 0 Å². The zero-order valence-corrected chi connectivity index (χ0v) is 12.9. The minimum absolute atomic E-state index is 0.154.